The molecule has 1 fully saturated rings. The zero-order chi connectivity index (χ0) is 17.9. The smallest absolute Gasteiger partial charge is 0.273 e. The number of hydrogen-bond donors (Lipinski definition) is 1. The van der Waals surface area contributed by atoms with E-state index in [1.807, 2.05) is 0 Å². The number of nitrogens with one attached hydrogen (secondary N) is 1. The first-order valence-corrected chi connectivity index (χ1v) is 8.43. The van der Waals surface area contributed by atoms with Gasteiger partial charge in [-0.3, -0.25) is 4.79 Å². The molecule has 0 saturated carbocycles. The Balaban J connectivity index is 1.45. The van der Waals surface area contributed by atoms with Crippen LogP contribution in [0.25, 0.3) is 11.0 Å². The minimum absolute atomic E-state index is 0.268. The van der Waals surface area contributed by atoms with Gasteiger partial charge in [0.05, 0.1) is 31.3 Å². The fraction of sp³-hybridized carbons (Fsp3) is 0.438. The van der Waals surface area contributed by atoms with Crippen LogP contribution in [0.2, 0.25) is 0 Å². The lowest BCUT2D eigenvalue weighted by Crippen LogP contribution is -2.36. The van der Waals surface area contributed by atoms with Crippen LogP contribution in [0.1, 0.15) is 16.2 Å². The number of rotatable bonds is 5. The number of carbonyl (C=O) groups excluding carboxylic acids is 1. The molecule has 1 saturated heterocycles. The molecule has 10 heteroatoms. The molecule has 4 heterocycles. The fourth-order valence-corrected chi connectivity index (χ4v) is 2.91. The number of aryl methyl sites for hydroxylation is 1. The second kappa shape index (κ2) is 7.08. The third-order valence-electron chi connectivity index (χ3n) is 4.19. The topological polar surface area (TPSA) is 111 Å². The molecule has 0 aromatic carbocycles. The van der Waals surface area contributed by atoms with E-state index in [1.165, 1.54) is 0 Å². The Morgan fingerprint density at radius 2 is 2.15 bits per heavy atom. The van der Waals surface area contributed by atoms with E-state index in [0.29, 0.717) is 32.1 Å². The number of ether oxygens (including phenoxy) is 1. The van der Waals surface area contributed by atoms with Gasteiger partial charge >= 0.3 is 0 Å². The summed E-state index contributed by atoms with van der Waals surface area (Å²) in [6, 6.07) is 1.60. The van der Waals surface area contributed by atoms with Crippen molar-refractivity contribution < 1.29 is 14.1 Å². The number of amides is 1. The molecule has 26 heavy (non-hydrogen) atoms. The molecule has 4 rings (SSSR count). The van der Waals surface area contributed by atoms with Crippen LogP contribution in [-0.2, 0) is 11.3 Å². The molecule has 1 amide bonds. The molecule has 1 aliphatic rings. The van der Waals surface area contributed by atoms with Crippen LogP contribution in [0.5, 0.6) is 0 Å². The van der Waals surface area contributed by atoms with E-state index in [2.05, 4.69) is 30.4 Å². The van der Waals surface area contributed by atoms with Gasteiger partial charge in [0.1, 0.15) is 17.9 Å². The highest BCUT2D eigenvalue weighted by Crippen LogP contribution is 2.23. The van der Waals surface area contributed by atoms with Gasteiger partial charge in [-0.2, -0.15) is 5.10 Å². The lowest BCUT2D eigenvalue weighted by atomic mass is 10.3. The van der Waals surface area contributed by atoms with Crippen molar-refractivity contribution in [3.63, 3.8) is 0 Å². The second-order valence-corrected chi connectivity index (χ2v) is 5.98. The van der Waals surface area contributed by atoms with Gasteiger partial charge < -0.3 is 19.5 Å². The van der Waals surface area contributed by atoms with Crippen molar-refractivity contribution >= 4 is 22.8 Å². The van der Waals surface area contributed by atoms with E-state index in [1.54, 1.807) is 30.2 Å². The zero-order valence-corrected chi connectivity index (χ0v) is 14.4. The summed E-state index contributed by atoms with van der Waals surface area (Å²) in [5.74, 6) is 1.19. The Bertz CT molecular complexity index is 914. The summed E-state index contributed by atoms with van der Waals surface area (Å²) in [6.45, 7) is 5.60. The Hall–Kier alpha value is -3.01. The van der Waals surface area contributed by atoms with Crippen LogP contribution in [-0.4, -0.2) is 63.7 Å². The quantitative estimate of drug-likeness (QED) is 0.698. The molecular weight excluding hydrogens is 338 g/mol. The molecule has 10 nitrogen and oxygen atoms in total. The highest BCUT2D eigenvalue weighted by molar-refractivity contribution is 5.92. The maximum atomic E-state index is 12.0. The summed E-state index contributed by atoms with van der Waals surface area (Å²) in [5.41, 5.74) is 1.01. The van der Waals surface area contributed by atoms with Crippen molar-refractivity contribution in [1.29, 1.82) is 0 Å². The van der Waals surface area contributed by atoms with Crippen LogP contribution in [0, 0.1) is 6.92 Å². The van der Waals surface area contributed by atoms with Crippen molar-refractivity contribution in [2.45, 2.75) is 13.5 Å². The third-order valence-corrected chi connectivity index (χ3v) is 4.19. The molecule has 136 valence electrons. The number of morpholine rings is 1. The van der Waals surface area contributed by atoms with Crippen molar-refractivity contribution in [3.8, 4) is 0 Å². The lowest BCUT2D eigenvalue weighted by Gasteiger charge is -2.27. The molecule has 1 N–H and O–H groups in total. The largest absolute Gasteiger partial charge is 0.378 e. The molecule has 3 aromatic rings. The molecule has 1 aliphatic heterocycles. The Kier molecular flexibility index (Phi) is 4.48. The molecule has 3 aromatic heterocycles. The third kappa shape index (κ3) is 3.23. The van der Waals surface area contributed by atoms with Gasteiger partial charge in [-0.05, 0) is 6.92 Å². The summed E-state index contributed by atoms with van der Waals surface area (Å²) in [4.78, 5) is 22.9. The van der Waals surface area contributed by atoms with Gasteiger partial charge in [0.2, 0.25) is 0 Å². The minimum atomic E-state index is -0.276. The van der Waals surface area contributed by atoms with Gasteiger partial charge in [0.15, 0.2) is 11.3 Å². The van der Waals surface area contributed by atoms with E-state index >= 15 is 0 Å². The number of aromatic nitrogens is 5. The van der Waals surface area contributed by atoms with E-state index in [4.69, 9.17) is 9.26 Å². The van der Waals surface area contributed by atoms with E-state index in [-0.39, 0.29) is 11.6 Å². The van der Waals surface area contributed by atoms with E-state index < -0.39 is 0 Å². The van der Waals surface area contributed by atoms with E-state index in [0.717, 1.165) is 29.9 Å². The SMILES string of the molecule is Cc1cc(C(=O)NCCn2ncc3c(N4CCOCC4)ncnc32)no1. The summed E-state index contributed by atoms with van der Waals surface area (Å²) in [7, 11) is 0. The maximum absolute atomic E-state index is 12.0. The maximum Gasteiger partial charge on any atom is 0.273 e. The highest BCUT2D eigenvalue weighted by atomic mass is 16.5. The van der Waals surface area contributed by atoms with Gasteiger partial charge in [0, 0.05) is 25.7 Å². The molecule has 0 radical (unpaired) electrons. The molecule has 0 aliphatic carbocycles. The molecule has 0 bridgehead atoms. The fourth-order valence-electron chi connectivity index (χ4n) is 2.91. The van der Waals surface area contributed by atoms with Crippen LogP contribution in [0.15, 0.2) is 23.1 Å². The van der Waals surface area contributed by atoms with Gasteiger partial charge in [-0.1, -0.05) is 5.16 Å². The van der Waals surface area contributed by atoms with Crippen LogP contribution < -0.4 is 10.2 Å². The van der Waals surface area contributed by atoms with Crippen molar-refractivity contribution in [2.75, 3.05) is 37.7 Å². The van der Waals surface area contributed by atoms with Crippen LogP contribution in [0.4, 0.5) is 5.82 Å². The van der Waals surface area contributed by atoms with Crippen LogP contribution in [0.3, 0.4) is 0 Å². The first kappa shape index (κ1) is 16.5. The summed E-state index contributed by atoms with van der Waals surface area (Å²) >= 11 is 0. The monoisotopic (exact) mass is 357 g/mol. The van der Waals surface area contributed by atoms with Gasteiger partial charge in [-0.25, -0.2) is 14.6 Å². The molecular formula is C16H19N7O3. The second-order valence-electron chi connectivity index (χ2n) is 5.98. The summed E-state index contributed by atoms with van der Waals surface area (Å²) < 4.78 is 12.1. The van der Waals surface area contributed by atoms with Gasteiger partial charge in [-0.15, -0.1) is 0 Å². The number of anilines is 1. The summed E-state index contributed by atoms with van der Waals surface area (Å²) in [6.07, 6.45) is 3.31. The highest BCUT2D eigenvalue weighted by Gasteiger charge is 2.18. The standard InChI is InChI=1S/C16H19N7O3/c1-11-8-13(21-26-11)16(24)17-2-3-23-15-12(9-20-23)14(18-10-19-15)22-4-6-25-7-5-22/h8-10H,2-7H2,1H3,(H,17,24). The molecule has 0 atom stereocenters. The number of carbonyl (C=O) groups is 1. The predicted molar refractivity (Wildman–Crippen MR) is 91.9 cm³/mol. The minimum Gasteiger partial charge on any atom is -0.378 e. The van der Waals surface area contributed by atoms with E-state index in [9.17, 15) is 4.79 Å². The van der Waals surface area contributed by atoms with Gasteiger partial charge in [0.25, 0.3) is 5.91 Å². The van der Waals surface area contributed by atoms with Crippen molar-refractivity contribution in [3.05, 3.63) is 30.0 Å². The normalized spacial score (nSPS) is 14.7. The first-order chi connectivity index (χ1) is 12.7. The van der Waals surface area contributed by atoms with Crippen LogP contribution >= 0.6 is 0 Å². The predicted octanol–water partition coefficient (Wildman–Crippen LogP) is 0.389. The first-order valence-electron chi connectivity index (χ1n) is 8.43. The Morgan fingerprint density at radius 1 is 1.31 bits per heavy atom. The van der Waals surface area contributed by atoms with Crippen molar-refractivity contribution in [1.82, 2.24) is 30.2 Å². The Labute approximate surface area is 149 Å². The number of fused-ring (bicyclic) bond motifs is 1. The molecule has 0 spiro atoms. The zero-order valence-electron chi connectivity index (χ0n) is 14.4. The number of nitrogens with zero attached hydrogens (tertiary/aromatic N) is 6. The summed E-state index contributed by atoms with van der Waals surface area (Å²) in [5, 5.41) is 11.8. The average Bonchev–Trinajstić information content (AvgIpc) is 3.29. The molecule has 0 unspecified atom stereocenters. The lowest BCUT2D eigenvalue weighted by molar-refractivity contribution is 0.0943. The Morgan fingerprint density at radius 3 is 2.92 bits per heavy atom. The van der Waals surface area contributed by atoms with Crippen molar-refractivity contribution in [2.24, 2.45) is 0 Å². The average molecular weight is 357 g/mol. The number of hydrogen-bond acceptors (Lipinski definition) is 8.